The molecule has 4 amide bonds. The van der Waals surface area contributed by atoms with Gasteiger partial charge >= 0.3 is 6.15 Å². The van der Waals surface area contributed by atoms with E-state index < -0.39 is 188 Å². The first-order chi connectivity index (χ1) is 54.3. The van der Waals surface area contributed by atoms with Crippen LogP contribution < -0.4 is 46.5 Å². The highest BCUT2D eigenvalue weighted by Crippen LogP contribution is 2.51. The lowest BCUT2D eigenvalue weighted by molar-refractivity contribution is -0.334. The molecule has 16 N–H and O–H groups in total. The Bertz CT molecular complexity index is 4740. The van der Waals surface area contributed by atoms with Crippen molar-refractivity contribution in [2.75, 3.05) is 13.7 Å². The fraction of sp³-hybridized carbons (Fsp3) is 0.402. The maximum absolute atomic E-state index is 15.6. The van der Waals surface area contributed by atoms with Gasteiger partial charge in [0.05, 0.1) is 58.9 Å². The first-order valence-electron chi connectivity index (χ1n) is 36.9. The van der Waals surface area contributed by atoms with Crippen LogP contribution in [0.5, 0.6) is 46.0 Å². The Morgan fingerprint density at radius 3 is 1.95 bits per heavy atom. The number of ketones is 2. The molecule has 29 nitrogen and oxygen atoms in total. The Labute approximate surface area is 669 Å². The van der Waals surface area contributed by atoms with Gasteiger partial charge in [0.2, 0.25) is 35.7 Å². The molecule has 2 fully saturated rings. The molecule has 0 aliphatic carbocycles. The summed E-state index contributed by atoms with van der Waals surface area (Å²) in [6, 6.07) is 28.2. The van der Waals surface area contributed by atoms with Crippen molar-refractivity contribution in [1.29, 1.82) is 0 Å². The molecular weight excluding hydrogens is 1540 g/mol. The SMILES string of the molecule is CN[C@H](CC(C)C)C(=O)N[C@H]1C(=O)C[C@@H](CC(N)=O)C(=O)N[C@H]2CC[C@@H]3C(=O)C[C@H](C(=O)NCc4cc(O)cc(O)c4-c4cc3ccc4O)[C@H](O)c3ccc(c(Cl)c3)Oc3cc2cc(c3OC2OC(CO)C(O)[C@H](O)[C@H]2O[C@H]2CC(C)(NCc3ccc(-c4ccc(Cl)cc4)cc3)[C@H](O)[C@H](C)O2)Oc2ccc(cc2Cl)[C@H]1O.O=C=O. The number of hydrogen-bond acceptors (Lipinski definition) is 25. The summed E-state index contributed by atoms with van der Waals surface area (Å²) >= 11 is 20.6. The van der Waals surface area contributed by atoms with Crippen LogP contribution in [0.25, 0.3) is 22.3 Å². The standard InChI is InChI=1S/C81H89Cl3N6O21.CO2/c1-37(2)22-56(86-5)79(105)90-69-60(96)27-46(30-66(85)97)77(103)89-55-18-17-50-42-12-19-57(93)51(24-42)68-47(23-49(92)31-59(68)95)35-87-78(104)52(32-58(50)94)70(98)43-13-20-61(53(83)25-43)107-63-28-45(55)29-64(108-62-21-14-44(71(69)99)26-54(62)84)74(63)111-80-75(73(101)72(100)65(36-91)109-80)110-67-33-81(4,76(102)38(3)106-67)88-34-39-6-8-40(9-7-39)41-10-15-48(82)16-11-41;2-1-3/h6-16,19-21,23-26,28-29,31,37-38,46,50,52,55-56,65,67,69-73,75-76,80,86,88,91-93,95,98-102H,17-18,22,27,30,32-36H2,1-5H3,(H2,85,97)(H,87,104)(H,89,103)(H,90,105);/t38-,46-,50-,52-,55-,56+,65?,67-,69-,70+,71+,72?,73-,75+,76+,80?,81?;/m0./s1. The second-order valence-electron chi connectivity index (χ2n) is 29.7. The van der Waals surface area contributed by atoms with Crippen LogP contribution in [0.2, 0.25) is 15.1 Å². The first kappa shape index (κ1) is 85.3. The van der Waals surface area contributed by atoms with Gasteiger partial charge in [-0.2, -0.15) is 9.59 Å². The fourth-order valence-corrected chi connectivity index (χ4v) is 15.7. The Morgan fingerprint density at radius 1 is 0.719 bits per heavy atom. The van der Waals surface area contributed by atoms with Gasteiger partial charge in [-0.25, -0.2) is 0 Å². The summed E-state index contributed by atoms with van der Waals surface area (Å²) in [7, 11) is 1.54. The van der Waals surface area contributed by atoms with E-state index >= 15 is 14.4 Å². The van der Waals surface area contributed by atoms with Gasteiger partial charge in [-0.15, -0.1) is 0 Å². The predicted molar refractivity (Wildman–Crippen MR) is 411 cm³/mol. The summed E-state index contributed by atoms with van der Waals surface area (Å²) in [4.78, 5) is 105. The number of aliphatic hydroxyl groups is 6. The zero-order valence-electron chi connectivity index (χ0n) is 62.5. The number of nitrogens with two attached hydrogens (primary N) is 1. The second kappa shape index (κ2) is 36.9. The molecule has 14 rings (SSSR count). The number of fused-ring (bicyclic) bond motifs is 15. The van der Waals surface area contributed by atoms with Crippen LogP contribution in [-0.4, -0.2) is 168 Å². The van der Waals surface area contributed by atoms with E-state index in [9.17, 15) is 60.3 Å². The molecule has 17 atom stereocenters. The minimum atomic E-state index is -1.96. The Kier molecular flexibility index (Phi) is 27.6. The van der Waals surface area contributed by atoms with Gasteiger partial charge in [0, 0.05) is 72.4 Å². The summed E-state index contributed by atoms with van der Waals surface area (Å²) in [6.45, 7) is 6.10. The summed E-state index contributed by atoms with van der Waals surface area (Å²) in [6.07, 6.45) is -18.7. The van der Waals surface area contributed by atoms with Crippen molar-refractivity contribution >= 4 is 76.1 Å². The van der Waals surface area contributed by atoms with Crippen LogP contribution in [0.4, 0.5) is 0 Å². The number of halogens is 3. The van der Waals surface area contributed by atoms with Gasteiger partial charge in [0.1, 0.15) is 65.0 Å². The normalized spacial score (nSPS) is 26.7. The lowest BCUT2D eigenvalue weighted by atomic mass is 9.80. The zero-order chi connectivity index (χ0) is 82.3. The number of amides is 4. The van der Waals surface area contributed by atoms with Crippen LogP contribution >= 0.6 is 34.8 Å². The van der Waals surface area contributed by atoms with Crippen molar-refractivity contribution in [3.63, 3.8) is 0 Å². The van der Waals surface area contributed by atoms with Crippen molar-refractivity contribution < 1.29 is 113 Å². The fourth-order valence-electron chi connectivity index (χ4n) is 15.1. The van der Waals surface area contributed by atoms with E-state index in [1.54, 1.807) is 33.0 Å². The van der Waals surface area contributed by atoms with Crippen LogP contribution in [0.1, 0.15) is 130 Å². The number of ether oxygens (including phenoxy) is 6. The monoisotopic (exact) mass is 1630 g/mol. The van der Waals surface area contributed by atoms with Gasteiger partial charge in [0.15, 0.2) is 29.7 Å². The van der Waals surface area contributed by atoms with Gasteiger partial charge in [-0.05, 0) is 157 Å². The average Bonchev–Trinajstić information content (AvgIpc) is 0.765. The minimum Gasteiger partial charge on any atom is -0.508 e. The molecule has 11 bridgehead atoms. The van der Waals surface area contributed by atoms with Crippen molar-refractivity contribution in [3.8, 4) is 68.2 Å². The third-order valence-electron chi connectivity index (χ3n) is 21.2. The number of likely N-dealkylation sites (N-methyl/N-ethyl adjacent to an activating group) is 1. The summed E-state index contributed by atoms with van der Waals surface area (Å²) in [5.41, 5.74) is 7.75. The Balaban J connectivity index is 0.00000420. The lowest BCUT2D eigenvalue weighted by Crippen LogP contribution is -2.65. The zero-order valence-corrected chi connectivity index (χ0v) is 64.7. The predicted octanol–water partition coefficient (Wildman–Crippen LogP) is 7.94. The largest absolute Gasteiger partial charge is 0.508 e. The lowest BCUT2D eigenvalue weighted by Gasteiger charge is -2.48. The molecule has 0 aromatic heterocycles. The van der Waals surface area contributed by atoms with Gasteiger partial charge < -0.3 is 107 Å². The molecule has 32 heteroatoms. The molecule has 4 unspecified atom stereocenters. The number of Topliss-reactive ketones (excluding diaryl/α,β-unsaturated/α-hetero) is 2. The van der Waals surface area contributed by atoms with Crippen LogP contribution in [0, 0.1) is 17.8 Å². The maximum atomic E-state index is 15.6. The number of nitrogens with one attached hydrogen (secondary N) is 5. The van der Waals surface area contributed by atoms with Crippen molar-refractivity contribution in [1.82, 2.24) is 26.6 Å². The molecule has 7 aliphatic rings. The highest BCUT2D eigenvalue weighted by atomic mass is 35.5. The van der Waals surface area contributed by atoms with Gasteiger partial charge in [0.25, 0.3) is 0 Å². The number of primary amides is 1. The first-order valence-corrected chi connectivity index (χ1v) is 38.1. The van der Waals surface area contributed by atoms with E-state index in [-0.39, 0.29) is 122 Å². The van der Waals surface area contributed by atoms with Gasteiger partial charge in [-0.3, -0.25) is 28.8 Å². The number of aromatic hydroxyl groups is 3. The number of benzene rings is 7. The van der Waals surface area contributed by atoms with E-state index in [1.165, 1.54) is 72.8 Å². The van der Waals surface area contributed by atoms with Crippen LogP contribution in [0.15, 0.2) is 127 Å². The third-order valence-corrected chi connectivity index (χ3v) is 22.1. The van der Waals surface area contributed by atoms with E-state index in [0.717, 1.165) is 22.8 Å². The number of carbonyl (C=O) groups excluding carboxylic acids is 8. The molecule has 7 aromatic rings. The van der Waals surface area contributed by atoms with E-state index in [2.05, 4.69) is 26.6 Å². The third kappa shape index (κ3) is 19.5. The Hall–Kier alpha value is -9.63. The highest BCUT2D eigenvalue weighted by Gasteiger charge is 2.52. The van der Waals surface area contributed by atoms with Gasteiger partial charge in [-0.1, -0.05) is 103 Å². The van der Waals surface area contributed by atoms with Crippen LogP contribution in [0.3, 0.4) is 0 Å². The van der Waals surface area contributed by atoms with Crippen molar-refractivity contribution in [2.45, 2.75) is 177 Å². The summed E-state index contributed by atoms with van der Waals surface area (Å²) < 4.78 is 40.0. The topological polar surface area (TPSA) is 460 Å². The number of aliphatic hydroxyl groups excluding tert-OH is 6. The molecule has 606 valence electrons. The number of phenolic OH excluding ortho intramolecular Hbond substituents is 3. The van der Waals surface area contributed by atoms with Crippen molar-refractivity contribution in [2.24, 2.45) is 23.5 Å². The number of carbonyl (C=O) groups is 6. The number of rotatable bonds is 16. The van der Waals surface area contributed by atoms with Crippen molar-refractivity contribution in [3.05, 3.63) is 176 Å². The Morgan fingerprint density at radius 2 is 1.34 bits per heavy atom. The van der Waals surface area contributed by atoms with E-state index in [0.29, 0.717) is 5.02 Å². The highest BCUT2D eigenvalue weighted by molar-refractivity contribution is 6.32. The van der Waals surface area contributed by atoms with E-state index in [4.69, 9.17) is 78.5 Å². The molecular formula is C82H89Cl3N6O23. The van der Waals surface area contributed by atoms with Crippen LogP contribution in [-0.2, 0) is 65.7 Å². The molecule has 2 saturated heterocycles. The number of phenols is 3. The number of hydrogen-bond donors (Lipinski definition) is 15. The maximum Gasteiger partial charge on any atom is 0.373 e. The average molecular weight is 1630 g/mol. The summed E-state index contributed by atoms with van der Waals surface area (Å²) in [5.74, 6) is -12.6. The molecule has 7 aliphatic heterocycles. The molecule has 0 saturated carbocycles. The summed E-state index contributed by atoms with van der Waals surface area (Å²) in [5, 5.41) is 121. The van der Waals surface area contributed by atoms with E-state index in [1.807, 2.05) is 50.2 Å². The molecule has 7 aromatic carbocycles. The minimum absolute atomic E-state index is 0.0122. The second-order valence-corrected chi connectivity index (χ2v) is 30.9. The molecule has 114 heavy (non-hydrogen) atoms. The smallest absolute Gasteiger partial charge is 0.373 e. The molecule has 0 spiro atoms. The molecule has 0 radical (unpaired) electrons. The quantitative estimate of drug-likeness (QED) is 0.0436. The molecule has 7 heterocycles.